The molecule has 0 radical (unpaired) electrons. The van der Waals surface area contributed by atoms with Crippen LogP contribution in [0.4, 0.5) is 0 Å². The molecule has 3 rings (SSSR count). The zero-order valence-corrected chi connectivity index (χ0v) is 11.0. The number of aliphatic hydroxyl groups is 1. The molecule has 1 N–H and O–H groups in total. The highest BCUT2D eigenvalue weighted by molar-refractivity contribution is 5.41. The normalized spacial score (nSPS) is 18.7. The van der Waals surface area contributed by atoms with E-state index in [9.17, 15) is 5.11 Å². The van der Waals surface area contributed by atoms with Gasteiger partial charge < -0.3 is 9.84 Å². The van der Waals surface area contributed by atoms with E-state index in [0.29, 0.717) is 6.42 Å². The van der Waals surface area contributed by atoms with Crippen LogP contribution in [0.1, 0.15) is 29.7 Å². The van der Waals surface area contributed by atoms with Crippen molar-refractivity contribution in [2.75, 3.05) is 0 Å². The van der Waals surface area contributed by atoms with Crippen LogP contribution in [0.5, 0.6) is 5.75 Å². The van der Waals surface area contributed by atoms with Crippen molar-refractivity contribution >= 4 is 0 Å². The number of hydrogen-bond acceptors (Lipinski definition) is 2. The Morgan fingerprint density at radius 1 is 1.21 bits per heavy atom. The number of ether oxygens (including phenoxy) is 1. The molecule has 0 aliphatic carbocycles. The molecule has 1 aliphatic heterocycles. The highest BCUT2D eigenvalue weighted by Gasteiger charge is 2.20. The van der Waals surface area contributed by atoms with Crippen molar-refractivity contribution in [1.82, 2.24) is 0 Å². The molecule has 0 spiro atoms. The van der Waals surface area contributed by atoms with E-state index in [1.165, 1.54) is 5.56 Å². The molecule has 2 aromatic carbocycles. The van der Waals surface area contributed by atoms with Gasteiger partial charge >= 0.3 is 0 Å². The van der Waals surface area contributed by atoms with Crippen molar-refractivity contribution in [3.8, 4) is 5.75 Å². The SMILES string of the molecule is CC1Cc2cc(C(O)Cc3ccccc3)ccc2O1. The van der Waals surface area contributed by atoms with E-state index in [-0.39, 0.29) is 6.10 Å². The minimum absolute atomic E-state index is 0.247. The fourth-order valence-corrected chi connectivity index (χ4v) is 2.60. The van der Waals surface area contributed by atoms with Gasteiger partial charge in [-0.25, -0.2) is 0 Å². The topological polar surface area (TPSA) is 29.5 Å². The summed E-state index contributed by atoms with van der Waals surface area (Å²) in [6.45, 7) is 2.07. The van der Waals surface area contributed by atoms with Crippen LogP contribution < -0.4 is 4.74 Å². The molecule has 0 aromatic heterocycles. The molecule has 0 saturated carbocycles. The molecule has 1 aliphatic rings. The summed E-state index contributed by atoms with van der Waals surface area (Å²) in [5.74, 6) is 0.961. The van der Waals surface area contributed by atoms with Crippen molar-refractivity contribution in [3.63, 3.8) is 0 Å². The summed E-state index contributed by atoms with van der Waals surface area (Å²) in [6.07, 6.45) is 1.37. The maximum Gasteiger partial charge on any atom is 0.123 e. The van der Waals surface area contributed by atoms with E-state index >= 15 is 0 Å². The first-order chi connectivity index (χ1) is 9.22. The van der Waals surface area contributed by atoms with Gasteiger partial charge in [0, 0.05) is 12.8 Å². The third kappa shape index (κ3) is 2.64. The Morgan fingerprint density at radius 3 is 2.79 bits per heavy atom. The lowest BCUT2D eigenvalue weighted by Gasteiger charge is -2.12. The van der Waals surface area contributed by atoms with Gasteiger partial charge in [0.05, 0.1) is 6.10 Å². The first kappa shape index (κ1) is 12.2. The summed E-state index contributed by atoms with van der Waals surface area (Å²) >= 11 is 0. The first-order valence-corrected chi connectivity index (χ1v) is 6.74. The third-order valence-corrected chi connectivity index (χ3v) is 3.58. The van der Waals surface area contributed by atoms with Crippen molar-refractivity contribution in [2.24, 2.45) is 0 Å². The van der Waals surface area contributed by atoms with Gasteiger partial charge in [-0.15, -0.1) is 0 Å². The van der Waals surface area contributed by atoms with Gasteiger partial charge in [-0.2, -0.15) is 0 Å². The second-order valence-electron chi connectivity index (χ2n) is 5.21. The molecule has 2 heteroatoms. The highest BCUT2D eigenvalue weighted by Crippen LogP contribution is 2.31. The van der Waals surface area contributed by atoms with Crippen molar-refractivity contribution in [1.29, 1.82) is 0 Å². The van der Waals surface area contributed by atoms with E-state index < -0.39 is 6.10 Å². The van der Waals surface area contributed by atoms with Crippen LogP contribution in [0, 0.1) is 0 Å². The monoisotopic (exact) mass is 254 g/mol. The number of aliphatic hydroxyl groups excluding tert-OH is 1. The van der Waals surface area contributed by atoms with Gasteiger partial charge in [-0.1, -0.05) is 36.4 Å². The summed E-state index contributed by atoms with van der Waals surface area (Å²) in [5.41, 5.74) is 3.33. The Morgan fingerprint density at radius 2 is 2.00 bits per heavy atom. The summed E-state index contributed by atoms with van der Waals surface area (Å²) in [5, 5.41) is 10.3. The molecule has 19 heavy (non-hydrogen) atoms. The molecule has 2 atom stereocenters. The second-order valence-corrected chi connectivity index (χ2v) is 5.21. The molecular formula is C17H18O2. The van der Waals surface area contributed by atoms with Crippen LogP contribution >= 0.6 is 0 Å². The predicted molar refractivity (Wildman–Crippen MR) is 75.3 cm³/mol. The van der Waals surface area contributed by atoms with Crippen LogP contribution in [0.25, 0.3) is 0 Å². The van der Waals surface area contributed by atoms with Gasteiger partial charge in [0.15, 0.2) is 0 Å². The van der Waals surface area contributed by atoms with Crippen LogP contribution in [0.3, 0.4) is 0 Å². The van der Waals surface area contributed by atoms with E-state index in [2.05, 4.69) is 13.0 Å². The molecule has 98 valence electrons. The van der Waals surface area contributed by atoms with Gasteiger partial charge in [0.2, 0.25) is 0 Å². The van der Waals surface area contributed by atoms with Crippen LogP contribution in [0.15, 0.2) is 48.5 Å². The van der Waals surface area contributed by atoms with Gasteiger partial charge in [-0.3, -0.25) is 0 Å². The molecule has 2 aromatic rings. The molecule has 0 saturated heterocycles. The van der Waals surface area contributed by atoms with E-state index in [0.717, 1.165) is 23.3 Å². The fourth-order valence-electron chi connectivity index (χ4n) is 2.60. The molecule has 0 amide bonds. The average Bonchev–Trinajstić information content (AvgIpc) is 2.78. The van der Waals surface area contributed by atoms with Crippen molar-refractivity contribution < 1.29 is 9.84 Å². The van der Waals surface area contributed by atoms with Crippen molar-refractivity contribution in [3.05, 3.63) is 65.2 Å². The number of benzene rings is 2. The predicted octanol–water partition coefficient (Wildman–Crippen LogP) is 3.29. The largest absolute Gasteiger partial charge is 0.490 e. The average molecular weight is 254 g/mol. The molecular weight excluding hydrogens is 236 g/mol. The Kier molecular flexibility index (Phi) is 3.26. The van der Waals surface area contributed by atoms with E-state index in [1.54, 1.807) is 0 Å². The number of hydrogen-bond donors (Lipinski definition) is 1. The third-order valence-electron chi connectivity index (χ3n) is 3.58. The lowest BCUT2D eigenvalue weighted by atomic mass is 9.98. The summed E-state index contributed by atoms with van der Waals surface area (Å²) in [7, 11) is 0. The van der Waals surface area contributed by atoms with Crippen LogP contribution in [-0.4, -0.2) is 11.2 Å². The Bertz CT molecular complexity index is 563. The van der Waals surface area contributed by atoms with E-state index in [1.807, 2.05) is 42.5 Å². The minimum atomic E-state index is -0.455. The Labute approximate surface area is 113 Å². The zero-order chi connectivity index (χ0) is 13.2. The molecule has 2 unspecified atom stereocenters. The molecule has 2 nitrogen and oxygen atoms in total. The lowest BCUT2D eigenvalue weighted by molar-refractivity contribution is 0.178. The van der Waals surface area contributed by atoms with Crippen LogP contribution in [0.2, 0.25) is 0 Å². The Balaban J connectivity index is 1.78. The van der Waals surface area contributed by atoms with Crippen LogP contribution in [-0.2, 0) is 12.8 Å². The quantitative estimate of drug-likeness (QED) is 0.910. The second kappa shape index (κ2) is 5.06. The Hall–Kier alpha value is -1.80. The summed E-state index contributed by atoms with van der Waals surface area (Å²) < 4.78 is 5.68. The van der Waals surface area contributed by atoms with Gasteiger partial charge in [0.1, 0.15) is 11.9 Å². The smallest absolute Gasteiger partial charge is 0.123 e. The standard InChI is InChI=1S/C17H18O2/c1-12-9-15-11-14(7-8-17(15)19-12)16(18)10-13-5-3-2-4-6-13/h2-8,11-12,16,18H,9-10H2,1H3. The first-order valence-electron chi connectivity index (χ1n) is 6.74. The van der Waals surface area contributed by atoms with E-state index in [4.69, 9.17) is 4.74 Å². The number of rotatable bonds is 3. The lowest BCUT2D eigenvalue weighted by Crippen LogP contribution is -2.05. The zero-order valence-electron chi connectivity index (χ0n) is 11.0. The molecule has 1 heterocycles. The number of fused-ring (bicyclic) bond motifs is 1. The molecule has 0 bridgehead atoms. The highest BCUT2D eigenvalue weighted by atomic mass is 16.5. The van der Waals surface area contributed by atoms with Gasteiger partial charge in [-0.05, 0) is 35.7 Å². The molecule has 0 fully saturated rings. The maximum absolute atomic E-state index is 10.3. The van der Waals surface area contributed by atoms with Gasteiger partial charge in [0.25, 0.3) is 0 Å². The fraction of sp³-hybridized carbons (Fsp3) is 0.294. The summed E-state index contributed by atoms with van der Waals surface area (Å²) in [6, 6.07) is 16.1. The van der Waals surface area contributed by atoms with Crippen molar-refractivity contribution in [2.45, 2.75) is 32.0 Å². The minimum Gasteiger partial charge on any atom is -0.490 e. The maximum atomic E-state index is 10.3. The summed E-state index contributed by atoms with van der Waals surface area (Å²) in [4.78, 5) is 0.